The normalized spacial score (nSPS) is 24.9. The first-order valence-electron chi connectivity index (χ1n) is 5.58. The number of esters is 1. The Labute approximate surface area is 91.3 Å². The molecule has 4 heteroatoms. The van der Waals surface area contributed by atoms with Gasteiger partial charge in [-0.05, 0) is 26.7 Å². The zero-order valence-electron chi connectivity index (χ0n) is 9.79. The highest BCUT2D eigenvalue weighted by Gasteiger charge is 2.23. The van der Waals surface area contributed by atoms with E-state index in [0.29, 0.717) is 18.6 Å². The summed E-state index contributed by atoms with van der Waals surface area (Å²) in [5.74, 6) is -0.172. The summed E-state index contributed by atoms with van der Waals surface area (Å²) in [6.07, 6.45) is 2.96. The molecule has 0 amide bonds. The minimum Gasteiger partial charge on any atom is -0.469 e. The summed E-state index contributed by atoms with van der Waals surface area (Å²) in [5.41, 5.74) is 0. The van der Waals surface area contributed by atoms with Gasteiger partial charge in [-0.1, -0.05) is 0 Å². The Balaban J connectivity index is 2.23. The number of hydrogen-bond donors (Lipinski definition) is 1. The van der Waals surface area contributed by atoms with Crippen molar-refractivity contribution in [1.82, 2.24) is 5.32 Å². The summed E-state index contributed by atoms with van der Waals surface area (Å²) in [6.45, 7) is 4.95. The number of hydrogen-bond acceptors (Lipinski definition) is 4. The Morgan fingerprint density at radius 2 is 2.33 bits per heavy atom. The third kappa shape index (κ3) is 4.18. The van der Waals surface area contributed by atoms with Crippen LogP contribution in [0.5, 0.6) is 0 Å². The van der Waals surface area contributed by atoms with Crippen LogP contribution < -0.4 is 5.32 Å². The Hall–Kier alpha value is -0.610. The Kier molecular flexibility index (Phi) is 5.05. The van der Waals surface area contributed by atoms with Crippen LogP contribution in [0.15, 0.2) is 0 Å². The van der Waals surface area contributed by atoms with E-state index in [1.165, 1.54) is 7.11 Å². The highest BCUT2D eigenvalue weighted by atomic mass is 16.5. The molecule has 0 aromatic heterocycles. The maximum Gasteiger partial charge on any atom is 0.307 e. The van der Waals surface area contributed by atoms with E-state index in [-0.39, 0.29) is 12.0 Å². The third-order valence-electron chi connectivity index (χ3n) is 2.77. The molecule has 0 aromatic rings. The van der Waals surface area contributed by atoms with Gasteiger partial charge in [-0.15, -0.1) is 0 Å². The van der Waals surface area contributed by atoms with Crippen LogP contribution in [0, 0.1) is 0 Å². The van der Waals surface area contributed by atoms with E-state index in [0.717, 1.165) is 19.4 Å². The molecule has 1 aliphatic heterocycles. The Bertz CT molecular complexity index is 202. The smallest absolute Gasteiger partial charge is 0.307 e. The van der Waals surface area contributed by atoms with Crippen molar-refractivity contribution < 1.29 is 14.3 Å². The van der Waals surface area contributed by atoms with Crippen molar-refractivity contribution >= 4 is 5.97 Å². The minimum absolute atomic E-state index is 0.136. The number of methoxy groups -OCH3 is 1. The average Bonchev–Trinajstić information content (AvgIpc) is 2.70. The zero-order valence-corrected chi connectivity index (χ0v) is 9.79. The molecule has 1 rings (SSSR count). The predicted molar refractivity (Wildman–Crippen MR) is 57.7 cm³/mol. The fraction of sp³-hybridized carbons (Fsp3) is 0.909. The van der Waals surface area contributed by atoms with E-state index >= 15 is 0 Å². The quantitative estimate of drug-likeness (QED) is 0.698. The molecule has 88 valence electrons. The van der Waals surface area contributed by atoms with Gasteiger partial charge in [0, 0.05) is 18.7 Å². The molecule has 0 aromatic carbocycles. The van der Waals surface area contributed by atoms with Crippen LogP contribution in [0.2, 0.25) is 0 Å². The first kappa shape index (κ1) is 12.5. The molecule has 1 N–H and O–H groups in total. The summed E-state index contributed by atoms with van der Waals surface area (Å²) in [5, 5.41) is 3.36. The number of nitrogens with one attached hydrogen (secondary N) is 1. The predicted octanol–water partition coefficient (Wildman–Crippen LogP) is 1.10. The van der Waals surface area contributed by atoms with Crippen LogP contribution in [0.25, 0.3) is 0 Å². The van der Waals surface area contributed by atoms with Gasteiger partial charge in [0.25, 0.3) is 0 Å². The van der Waals surface area contributed by atoms with Gasteiger partial charge in [-0.2, -0.15) is 0 Å². The van der Waals surface area contributed by atoms with Crippen molar-refractivity contribution in [3.05, 3.63) is 0 Å². The SMILES string of the molecule is COC(=O)CC(C)NC(C)C1CCCO1. The van der Waals surface area contributed by atoms with Crippen molar-refractivity contribution in [3.63, 3.8) is 0 Å². The van der Waals surface area contributed by atoms with Crippen LogP contribution in [0.1, 0.15) is 33.1 Å². The van der Waals surface area contributed by atoms with Gasteiger partial charge >= 0.3 is 5.97 Å². The Morgan fingerprint density at radius 1 is 1.60 bits per heavy atom. The number of ether oxygens (including phenoxy) is 2. The van der Waals surface area contributed by atoms with E-state index in [9.17, 15) is 4.79 Å². The van der Waals surface area contributed by atoms with Crippen molar-refractivity contribution in [2.75, 3.05) is 13.7 Å². The van der Waals surface area contributed by atoms with Crippen molar-refractivity contribution in [1.29, 1.82) is 0 Å². The van der Waals surface area contributed by atoms with Gasteiger partial charge in [-0.3, -0.25) is 4.79 Å². The maximum absolute atomic E-state index is 11.0. The van der Waals surface area contributed by atoms with E-state index in [4.69, 9.17) is 4.74 Å². The zero-order chi connectivity index (χ0) is 11.3. The average molecular weight is 215 g/mol. The highest BCUT2D eigenvalue weighted by molar-refractivity contribution is 5.69. The van der Waals surface area contributed by atoms with Gasteiger partial charge in [-0.25, -0.2) is 0 Å². The topological polar surface area (TPSA) is 47.6 Å². The second-order valence-corrected chi connectivity index (χ2v) is 4.19. The highest BCUT2D eigenvalue weighted by Crippen LogP contribution is 2.15. The van der Waals surface area contributed by atoms with Crippen molar-refractivity contribution in [3.8, 4) is 0 Å². The lowest BCUT2D eigenvalue weighted by Gasteiger charge is -2.23. The molecule has 15 heavy (non-hydrogen) atoms. The molecule has 0 saturated carbocycles. The van der Waals surface area contributed by atoms with Gasteiger partial charge in [0.05, 0.1) is 19.6 Å². The van der Waals surface area contributed by atoms with Crippen LogP contribution in [-0.4, -0.2) is 37.9 Å². The fourth-order valence-electron chi connectivity index (χ4n) is 1.95. The first-order valence-corrected chi connectivity index (χ1v) is 5.58. The van der Waals surface area contributed by atoms with E-state index < -0.39 is 0 Å². The standard InChI is InChI=1S/C11H21NO3/c1-8(7-11(13)14-3)12-9(2)10-5-4-6-15-10/h8-10,12H,4-7H2,1-3H3. The Morgan fingerprint density at radius 3 is 2.87 bits per heavy atom. The molecule has 0 aliphatic carbocycles. The number of carbonyl (C=O) groups excluding carboxylic acids is 1. The van der Waals surface area contributed by atoms with Crippen LogP contribution in [0.4, 0.5) is 0 Å². The molecular weight excluding hydrogens is 194 g/mol. The van der Waals surface area contributed by atoms with Gasteiger partial charge in [0.2, 0.25) is 0 Å². The summed E-state index contributed by atoms with van der Waals surface area (Å²) in [4.78, 5) is 11.0. The second kappa shape index (κ2) is 6.08. The van der Waals surface area contributed by atoms with E-state index in [2.05, 4.69) is 17.0 Å². The molecule has 4 nitrogen and oxygen atoms in total. The van der Waals surface area contributed by atoms with Gasteiger partial charge in [0.1, 0.15) is 0 Å². The van der Waals surface area contributed by atoms with Crippen LogP contribution in [-0.2, 0) is 14.3 Å². The maximum atomic E-state index is 11.0. The van der Waals surface area contributed by atoms with Gasteiger partial charge < -0.3 is 14.8 Å². The third-order valence-corrected chi connectivity index (χ3v) is 2.77. The second-order valence-electron chi connectivity index (χ2n) is 4.19. The van der Waals surface area contributed by atoms with Gasteiger partial charge in [0.15, 0.2) is 0 Å². The molecular formula is C11H21NO3. The van der Waals surface area contributed by atoms with Crippen molar-refractivity contribution in [2.24, 2.45) is 0 Å². The molecule has 0 spiro atoms. The van der Waals surface area contributed by atoms with Crippen molar-refractivity contribution in [2.45, 2.75) is 51.3 Å². The lowest BCUT2D eigenvalue weighted by atomic mass is 10.1. The van der Waals surface area contributed by atoms with E-state index in [1.54, 1.807) is 0 Å². The largest absolute Gasteiger partial charge is 0.469 e. The fourth-order valence-corrected chi connectivity index (χ4v) is 1.95. The molecule has 3 unspecified atom stereocenters. The molecule has 0 radical (unpaired) electrons. The summed E-state index contributed by atoms with van der Waals surface area (Å²) in [6, 6.07) is 0.434. The lowest BCUT2D eigenvalue weighted by Crippen LogP contribution is -2.43. The monoisotopic (exact) mass is 215 g/mol. The van der Waals surface area contributed by atoms with Crippen LogP contribution >= 0.6 is 0 Å². The lowest BCUT2D eigenvalue weighted by molar-refractivity contribution is -0.141. The molecule has 1 heterocycles. The summed E-state index contributed by atoms with van der Waals surface area (Å²) >= 11 is 0. The molecule has 1 saturated heterocycles. The van der Waals surface area contributed by atoms with Crippen LogP contribution in [0.3, 0.4) is 0 Å². The molecule has 1 aliphatic rings. The van der Waals surface area contributed by atoms with E-state index in [1.807, 2.05) is 6.92 Å². The number of rotatable bonds is 5. The molecule has 0 bridgehead atoms. The summed E-state index contributed by atoms with van der Waals surface area (Å²) in [7, 11) is 1.42. The molecule has 1 fully saturated rings. The molecule has 3 atom stereocenters. The summed E-state index contributed by atoms with van der Waals surface area (Å²) < 4.78 is 10.2. The number of carbonyl (C=O) groups is 1. The minimum atomic E-state index is -0.172. The first-order chi connectivity index (χ1) is 7.13.